The molecule has 1 rings (SSSR count). The van der Waals surface area contributed by atoms with Gasteiger partial charge in [-0.05, 0) is 34.1 Å². The highest BCUT2D eigenvalue weighted by Gasteiger charge is 2.28. The van der Waals surface area contributed by atoms with Crippen molar-refractivity contribution < 1.29 is 29.2 Å². The van der Waals surface area contributed by atoms with E-state index in [-0.39, 0.29) is 13.5 Å². The fourth-order valence-electron chi connectivity index (χ4n) is 1.31. The Morgan fingerprint density at radius 2 is 1.68 bits per heavy atom. The zero-order chi connectivity index (χ0) is 14.4. The smallest absolute Gasteiger partial charge is 0.159 e. The molecule has 3 N–H and O–H groups in total. The lowest BCUT2D eigenvalue weighted by atomic mass is 10.1. The molecule has 0 aromatic carbocycles. The number of halogens is 1. The molecule has 1 aliphatic rings. The summed E-state index contributed by atoms with van der Waals surface area (Å²) < 4.78 is 23.2. The van der Waals surface area contributed by atoms with Gasteiger partial charge in [0.15, 0.2) is 11.6 Å². The second-order valence-electron chi connectivity index (χ2n) is 5.29. The SMILES string of the molecule is C.CC(C)(O)O.CC(C)(O)OCCC1OCCC1F. The van der Waals surface area contributed by atoms with E-state index in [2.05, 4.69) is 0 Å². The van der Waals surface area contributed by atoms with Gasteiger partial charge < -0.3 is 24.8 Å². The highest BCUT2D eigenvalue weighted by molar-refractivity contribution is 4.75. The number of hydrogen-bond acceptors (Lipinski definition) is 5. The molecule has 2 atom stereocenters. The van der Waals surface area contributed by atoms with E-state index in [0.717, 1.165) is 0 Å². The molecular weight excluding hydrogens is 255 g/mol. The molecule has 0 bridgehead atoms. The number of ether oxygens (including phenoxy) is 2. The van der Waals surface area contributed by atoms with Gasteiger partial charge in [0.1, 0.15) is 6.17 Å². The van der Waals surface area contributed by atoms with Crippen molar-refractivity contribution in [3.63, 3.8) is 0 Å². The van der Waals surface area contributed by atoms with Gasteiger partial charge in [-0.25, -0.2) is 4.39 Å². The minimum Gasteiger partial charge on any atom is -0.375 e. The number of aliphatic hydroxyl groups is 3. The highest BCUT2D eigenvalue weighted by atomic mass is 19.1. The lowest BCUT2D eigenvalue weighted by Crippen LogP contribution is -2.27. The van der Waals surface area contributed by atoms with Crippen molar-refractivity contribution in [1.82, 2.24) is 0 Å². The molecule has 19 heavy (non-hydrogen) atoms. The van der Waals surface area contributed by atoms with Crippen LogP contribution in [0, 0.1) is 0 Å². The minimum atomic E-state index is -1.50. The fraction of sp³-hybridized carbons (Fsp3) is 1.00. The molecule has 6 heteroatoms. The Labute approximate surface area is 115 Å². The Bertz CT molecular complexity index is 216. The van der Waals surface area contributed by atoms with Crippen molar-refractivity contribution in [2.24, 2.45) is 0 Å². The van der Waals surface area contributed by atoms with E-state index < -0.39 is 17.7 Å². The maximum atomic E-state index is 13.0. The number of alkyl halides is 1. The van der Waals surface area contributed by atoms with Crippen LogP contribution >= 0.6 is 0 Å². The molecule has 5 nitrogen and oxygen atoms in total. The summed E-state index contributed by atoms with van der Waals surface area (Å²) in [5, 5.41) is 25.4. The Hall–Kier alpha value is -0.270. The van der Waals surface area contributed by atoms with Crippen LogP contribution in [0.3, 0.4) is 0 Å². The summed E-state index contributed by atoms with van der Waals surface area (Å²) in [5.41, 5.74) is 0. The molecule has 0 aromatic rings. The minimum absolute atomic E-state index is 0. The van der Waals surface area contributed by atoms with E-state index in [4.69, 9.17) is 19.7 Å². The van der Waals surface area contributed by atoms with E-state index >= 15 is 0 Å². The summed E-state index contributed by atoms with van der Waals surface area (Å²) in [6.45, 7) is 6.52. The van der Waals surface area contributed by atoms with E-state index in [9.17, 15) is 9.50 Å². The first-order valence-electron chi connectivity index (χ1n) is 6.06. The van der Waals surface area contributed by atoms with Gasteiger partial charge in [-0.1, -0.05) is 7.43 Å². The quantitative estimate of drug-likeness (QED) is 0.683. The Morgan fingerprint density at radius 1 is 1.21 bits per heavy atom. The van der Waals surface area contributed by atoms with Crippen LogP contribution in [0.25, 0.3) is 0 Å². The first-order valence-corrected chi connectivity index (χ1v) is 6.06. The molecule has 1 fully saturated rings. The van der Waals surface area contributed by atoms with Crippen LogP contribution < -0.4 is 0 Å². The van der Waals surface area contributed by atoms with Crippen LogP contribution in [0.5, 0.6) is 0 Å². The maximum Gasteiger partial charge on any atom is 0.159 e. The van der Waals surface area contributed by atoms with Crippen LogP contribution in [0.1, 0.15) is 48.0 Å². The molecule has 0 radical (unpaired) electrons. The van der Waals surface area contributed by atoms with E-state index in [1.54, 1.807) is 13.8 Å². The van der Waals surface area contributed by atoms with Crippen molar-refractivity contribution >= 4 is 0 Å². The molecule has 0 saturated carbocycles. The van der Waals surface area contributed by atoms with Crippen LogP contribution in [0.2, 0.25) is 0 Å². The fourth-order valence-corrected chi connectivity index (χ4v) is 1.31. The predicted octanol–water partition coefficient (Wildman–Crippen LogP) is 1.59. The van der Waals surface area contributed by atoms with E-state index in [1.807, 2.05) is 0 Å². The van der Waals surface area contributed by atoms with Gasteiger partial charge >= 0.3 is 0 Å². The van der Waals surface area contributed by atoms with Gasteiger partial charge in [0.25, 0.3) is 0 Å². The van der Waals surface area contributed by atoms with Crippen molar-refractivity contribution in [1.29, 1.82) is 0 Å². The topological polar surface area (TPSA) is 79.2 Å². The second-order valence-corrected chi connectivity index (χ2v) is 5.29. The standard InChI is InChI=1S/C9H17FO3.C3H8O2.CH4/c1-9(2,11)13-6-4-8-7(10)3-5-12-8;1-3(2,4)5;/h7-8,11H,3-6H2,1-2H3;4-5H,1-2H3;1H4. The molecule has 118 valence electrons. The molecule has 0 spiro atoms. The van der Waals surface area contributed by atoms with E-state index in [1.165, 1.54) is 13.8 Å². The third-order valence-corrected chi connectivity index (χ3v) is 1.99. The molecule has 1 aliphatic heterocycles. The van der Waals surface area contributed by atoms with Gasteiger partial charge in [-0.2, -0.15) is 0 Å². The zero-order valence-electron chi connectivity index (χ0n) is 11.5. The highest BCUT2D eigenvalue weighted by Crippen LogP contribution is 2.20. The number of rotatable bonds is 4. The van der Waals surface area contributed by atoms with Crippen LogP contribution in [0.15, 0.2) is 0 Å². The van der Waals surface area contributed by atoms with Crippen molar-refractivity contribution in [3.8, 4) is 0 Å². The maximum absolute atomic E-state index is 13.0. The summed E-state index contributed by atoms with van der Waals surface area (Å²) in [7, 11) is 0. The van der Waals surface area contributed by atoms with Gasteiger partial charge in [0, 0.05) is 13.0 Å². The van der Waals surface area contributed by atoms with Gasteiger partial charge in [0.2, 0.25) is 0 Å². The Kier molecular flexibility index (Phi) is 9.76. The van der Waals surface area contributed by atoms with Crippen LogP contribution in [-0.2, 0) is 9.47 Å². The van der Waals surface area contributed by atoms with Crippen molar-refractivity contribution in [3.05, 3.63) is 0 Å². The van der Waals surface area contributed by atoms with Gasteiger partial charge in [0.05, 0.1) is 12.7 Å². The third kappa shape index (κ3) is 15.7. The summed E-state index contributed by atoms with van der Waals surface area (Å²) in [6.07, 6.45) is -0.231. The average molecular weight is 284 g/mol. The predicted molar refractivity (Wildman–Crippen MR) is 71.4 cm³/mol. The van der Waals surface area contributed by atoms with Gasteiger partial charge in [-0.15, -0.1) is 0 Å². The summed E-state index contributed by atoms with van der Waals surface area (Å²) in [6, 6.07) is 0. The van der Waals surface area contributed by atoms with Gasteiger partial charge in [-0.3, -0.25) is 0 Å². The lowest BCUT2D eigenvalue weighted by molar-refractivity contribution is -0.180. The first kappa shape index (κ1) is 21.0. The largest absolute Gasteiger partial charge is 0.375 e. The normalized spacial score (nSPS) is 23.4. The molecule has 0 aliphatic carbocycles. The Balaban J connectivity index is 0. The molecule has 0 amide bonds. The monoisotopic (exact) mass is 284 g/mol. The summed E-state index contributed by atoms with van der Waals surface area (Å²) in [4.78, 5) is 0. The number of hydrogen-bond donors (Lipinski definition) is 3. The molecule has 1 saturated heterocycles. The molecule has 1 heterocycles. The summed E-state index contributed by atoms with van der Waals surface area (Å²) in [5.74, 6) is -2.63. The van der Waals surface area contributed by atoms with Crippen molar-refractivity contribution in [2.75, 3.05) is 13.2 Å². The molecular formula is C13H29FO5. The molecule has 2 unspecified atom stereocenters. The second kappa shape index (κ2) is 8.81. The van der Waals surface area contributed by atoms with E-state index in [0.29, 0.717) is 26.1 Å². The lowest BCUT2D eigenvalue weighted by Gasteiger charge is -2.19. The van der Waals surface area contributed by atoms with Crippen LogP contribution in [0.4, 0.5) is 4.39 Å². The zero-order valence-corrected chi connectivity index (χ0v) is 11.5. The molecule has 0 aromatic heterocycles. The van der Waals surface area contributed by atoms with Crippen LogP contribution in [-0.4, -0.2) is 52.4 Å². The summed E-state index contributed by atoms with van der Waals surface area (Å²) >= 11 is 0. The third-order valence-electron chi connectivity index (χ3n) is 1.99. The Morgan fingerprint density at radius 3 is 2.00 bits per heavy atom. The van der Waals surface area contributed by atoms with Crippen molar-refractivity contribution in [2.45, 2.75) is 71.8 Å². The first-order chi connectivity index (χ1) is 7.99. The average Bonchev–Trinajstić information content (AvgIpc) is 2.46.